The molecule has 0 fully saturated rings. The van der Waals surface area contributed by atoms with Crippen LogP contribution in [0.4, 0.5) is 0 Å². The Morgan fingerprint density at radius 2 is 1.96 bits per heavy atom. The van der Waals surface area contributed by atoms with Crippen LogP contribution in [0.25, 0.3) is 0 Å². The van der Waals surface area contributed by atoms with Gasteiger partial charge in [-0.05, 0) is 12.5 Å². The molecule has 1 heterocycles. The Balaban J connectivity index is 1.87. The van der Waals surface area contributed by atoms with Gasteiger partial charge in [-0.25, -0.2) is 4.79 Å². The third kappa shape index (κ3) is 4.42. The second kappa shape index (κ2) is 7.58. The van der Waals surface area contributed by atoms with Crippen molar-refractivity contribution < 1.29 is 18.8 Å². The number of benzene rings is 1. The van der Waals surface area contributed by atoms with Crippen molar-refractivity contribution in [3.05, 3.63) is 52.9 Å². The average Bonchev–Trinajstić information content (AvgIpc) is 2.93. The standard InChI is InChI=1S/C17H20N2O4/c1-11(2)16-15(12(3)19-23-16)17(21)22-10-14(20)18-9-13-7-5-4-6-8-13/h4-8,11H,9-10H2,1-3H3,(H,18,20). The van der Waals surface area contributed by atoms with E-state index in [0.29, 0.717) is 23.6 Å². The maximum absolute atomic E-state index is 12.1. The van der Waals surface area contributed by atoms with Crippen LogP contribution in [-0.2, 0) is 16.1 Å². The molecule has 2 aromatic rings. The van der Waals surface area contributed by atoms with Gasteiger partial charge in [-0.1, -0.05) is 49.3 Å². The fourth-order valence-corrected chi connectivity index (χ4v) is 2.08. The van der Waals surface area contributed by atoms with Crippen molar-refractivity contribution in [3.8, 4) is 0 Å². The molecule has 0 atom stereocenters. The van der Waals surface area contributed by atoms with Crippen molar-refractivity contribution in [1.29, 1.82) is 0 Å². The van der Waals surface area contributed by atoms with Gasteiger partial charge in [0.25, 0.3) is 5.91 Å². The molecule has 1 amide bonds. The first-order chi connectivity index (χ1) is 11.0. The maximum atomic E-state index is 12.1. The zero-order valence-corrected chi connectivity index (χ0v) is 13.5. The number of esters is 1. The Hall–Kier alpha value is -2.63. The molecule has 0 bridgehead atoms. The highest BCUT2D eigenvalue weighted by Gasteiger charge is 2.24. The molecule has 0 radical (unpaired) electrons. The number of nitrogens with zero attached hydrogens (tertiary/aromatic N) is 1. The zero-order valence-electron chi connectivity index (χ0n) is 13.5. The highest BCUT2D eigenvalue weighted by atomic mass is 16.5. The summed E-state index contributed by atoms with van der Waals surface area (Å²) in [5.41, 5.74) is 1.74. The molecule has 122 valence electrons. The molecule has 0 aliphatic rings. The molecule has 1 aromatic heterocycles. The Morgan fingerprint density at radius 1 is 1.26 bits per heavy atom. The quantitative estimate of drug-likeness (QED) is 0.828. The number of aromatic nitrogens is 1. The predicted molar refractivity (Wildman–Crippen MR) is 83.9 cm³/mol. The first-order valence-corrected chi connectivity index (χ1v) is 7.43. The Labute approximate surface area is 134 Å². The Bertz CT molecular complexity index is 677. The van der Waals surface area contributed by atoms with Crippen molar-refractivity contribution in [2.24, 2.45) is 0 Å². The van der Waals surface area contributed by atoms with Crippen LogP contribution >= 0.6 is 0 Å². The molecule has 1 aromatic carbocycles. The predicted octanol–water partition coefficient (Wildman–Crippen LogP) is 2.58. The van der Waals surface area contributed by atoms with Crippen LogP contribution in [0.1, 0.15) is 47.1 Å². The summed E-state index contributed by atoms with van der Waals surface area (Å²) < 4.78 is 10.2. The van der Waals surface area contributed by atoms with Gasteiger partial charge in [0.2, 0.25) is 0 Å². The van der Waals surface area contributed by atoms with E-state index < -0.39 is 5.97 Å². The molecular weight excluding hydrogens is 296 g/mol. The van der Waals surface area contributed by atoms with Gasteiger partial charge >= 0.3 is 5.97 Å². The van der Waals surface area contributed by atoms with E-state index in [9.17, 15) is 9.59 Å². The van der Waals surface area contributed by atoms with Crippen LogP contribution in [0.3, 0.4) is 0 Å². The van der Waals surface area contributed by atoms with Gasteiger partial charge in [-0.15, -0.1) is 0 Å². The molecule has 2 rings (SSSR count). The highest BCUT2D eigenvalue weighted by Crippen LogP contribution is 2.22. The van der Waals surface area contributed by atoms with Gasteiger partial charge in [0.1, 0.15) is 5.56 Å². The van der Waals surface area contributed by atoms with Gasteiger partial charge in [-0.3, -0.25) is 4.79 Å². The van der Waals surface area contributed by atoms with Crippen molar-refractivity contribution >= 4 is 11.9 Å². The monoisotopic (exact) mass is 316 g/mol. The summed E-state index contributed by atoms with van der Waals surface area (Å²) in [7, 11) is 0. The van der Waals surface area contributed by atoms with E-state index in [1.54, 1.807) is 6.92 Å². The lowest BCUT2D eigenvalue weighted by Gasteiger charge is -2.07. The largest absolute Gasteiger partial charge is 0.452 e. The van der Waals surface area contributed by atoms with Crippen LogP contribution in [0.5, 0.6) is 0 Å². The summed E-state index contributed by atoms with van der Waals surface area (Å²) in [6.45, 7) is 5.50. The lowest BCUT2D eigenvalue weighted by atomic mass is 10.1. The van der Waals surface area contributed by atoms with Crippen LogP contribution in [0.2, 0.25) is 0 Å². The maximum Gasteiger partial charge on any atom is 0.344 e. The number of amides is 1. The zero-order chi connectivity index (χ0) is 16.8. The normalized spacial score (nSPS) is 10.6. The lowest BCUT2D eigenvalue weighted by molar-refractivity contribution is -0.124. The number of carbonyl (C=O) groups excluding carboxylic acids is 2. The van der Waals surface area contributed by atoms with Gasteiger partial charge in [0, 0.05) is 12.5 Å². The first kappa shape index (κ1) is 16.7. The second-order valence-corrected chi connectivity index (χ2v) is 5.50. The Kier molecular flexibility index (Phi) is 5.51. The molecule has 0 unspecified atom stereocenters. The summed E-state index contributed by atoms with van der Waals surface area (Å²) in [6, 6.07) is 9.50. The summed E-state index contributed by atoms with van der Waals surface area (Å²) in [5.74, 6) is -0.479. The SMILES string of the molecule is Cc1noc(C(C)C)c1C(=O)OCC(=O)NCc1ccccc1. The van der Waals surface area contributed by atoms with Crippen molar-refractivity contribution in [3.63, 3.8) is 0 Å². The first-order valence-electron chi connectivity index (χ1n) is 7.43. The molecule has 1 N–H and O–H groups in total. The molecule has 23 heavy (non-hydrogen) atoms. The molecule has 0 saturated heterocycles. The second-order valence-electron chi connectivity index (χ2n) is 5.50. The number of aryl methyl sites for hydroxylation is 1. The van der Waals surface area contributed by atoms with E-state index in [1.165, 1.54) is 0 Å². The third-order valence-electron chi connectivity index (χ3n) is 3.28. The van der Waals surface area contributed by atoms with Gasteiger partial charge in [-0.2, -0.15) is 0 Å². The number of hydrogen-bond acceptors (Lipinski definition) is 5. The topological polar surface area (TPSA) is 81.4 Å². The van der Waals surface area contributed by atoms with Crippen LogP contribution < -0.4 is 5.32 Å². The fraction of sp³-hybridized carbons (Fsp3) is 0.353. The third-order valence-corrected chi connectivity index (χ3v) is 3.28. The molecule has 6 nitrogen and oxygen atoms in total. The molecule has 0 spiro atoms. The average molecular weight is 316 g/mol. The van der Waals surface area contributed by atoms with E-state index in [-0.39, 0.29) is 18.4 Å². The summed E-state index contributed by atoms with van der Waals surface area (Å²) in [5, 5.41) is 6.48. The number of ether oxygens (including phenoxy) is 1. The van der Waals surface area contributed by atoms with E-state index >= 15 is 0 Å². The minimum absolute atomic E-state index is 0.00524. The number of hydrogen-bond donors (Lipinski definition) is 1. The smallest absolute Gasteiger partial charge is 0.344 e. The van der Waals surface area contributed by atoms with Crippen molar-refractivity contribution in [2.75, 3.05) is 6.61 Å². The van der Waals surface area contributed by atoms with E-state index in [0.717, 1.165) is 5.56 Å². The minimum atomic E-state index is -0.595. The van der Waals surface area contributed by atoms with Crippen LogP contribution in [0.15, 0.2) is 34.9 Å². The van der Waals surface area contributed by atoms with Crippen LogP contribution in [-0.4, -0.2) is 23.6 Å². The summed E-state index contributed by atoms with van der Waals surface area (Å²) in [4.78, 5) is 23.9. The van der Waals surface area contributed by atoms with E-state index in [1.807, 2.05) is 44.2 Å². The highest BCUT2D eigenvalue weighted by molar-refractivity contribution is 5.93. The number of nitrogens with one attached hydrogen (secondary N) is 1. The van der Waals surface area contributed by atoms with Gasteiger partial charge in [0.15, 0.2) is 12.4 Å². The van der Waals surface area contributed by atoms with E-state index in [4.69, 9.17) is 9.26 Å². The molecule has 0 saturated carbocycles. The summed E-state index contributed by atoms with van der Waals surface area (Å²) in [6.07, 6.45) is 0. The molecular formula is C17H20N2O4. The van der Waals surface area contributed by atoms with Crippen LogP contribution in [0, 0.1) is 6.92 Å². The van der Waals surface area contributed by atoms with E-state index in [2.05, 4.69) is 10.5 Å². The summed E-state index contributed by atoms with van der Waals surface area (Å²) >= 11 is 0. The Morgan fingerprint density at radius 3 is 2.61 bits per heavy atom. The van der Waals surface area contributed by atoms with Crippen molar-refractivity contribution in [2.45, 2.75) is 33.2 Å². The molecule has 0 aliphatic carbocycles. The number of rotatable bonds is 6. The molecule has 6 heteroatoms. The van der Waals surface area contributed by atoms with Gasteiger partial charge < -0.3 is 14.6 Å². The van der Waals surface area contributed by atoms with Gasteiger partial charge in [0.05, 0.1) is 5.69 Å². The number of carbonyl (C=O) groups is 2. The molecule has 0 aliphatic heterocycles. The minimum Gasteiger partial charge on any atom is -0.452 e. The van der Waals surface area contributed by atoms with Crippen molar-refractivity contribution in [1.82, 2.24) is 10.5 Å². The lowest BCUT2D eigenvalue weighted by Crippen LogP contribution is -2.28. The fourth-order valence-electron chi connectivity index (χ4n) is 2.08.